The zero-order valence-electron chi connectivity index (χ0n) is 22.4. The third-order valence-electron chi connectivity index (χ3n) is 5.03. The van der Waals surface area contributed by atoms with Gasteiger partial charge < -0.3 is 9.97 Å². The number of aryl methyl sites for hydroxylation is 3. The smallest absolute Gasteiger partial charge is 0.0190 e. The van der Waals surface area contributed by atoms with Crippen LogP contribution >= 0.6 is 0 Å². The summed E-state index contributed by atoms with van der Waals surface area (Å²) in [6.07, 6.45) is 3.74. The van der Waals surface area contributed by atoms with E-state index >= 15 is 0 Å². The fraction of sp³-hybridized carbons (Fsp3) is 0.103. The molecular formula is C29H32IrN2-2. The van der Waals surface area contributed by atoms with Gasteiger partial charge in [0.25, 0.3) is 0 Å². The predicted molar refractivity (Wildman–Crippen MR) is 137 cm³/mol. The van der Waals surface area contributed by atoms with Crippen LogP contribution in [0.3, 0.4) is 0 Å². The molecule has 32 heavy (non-hydrogen) atoms. The van der Waals surface area contributed by atoms with Crippen molar-refractivity contribution in [1.29, 1.82) is 0 Å². The molecule has 0 N–H and O–H groups in total. The number of nitrogens with zero attached hydrogens (tertiary/aromatic N) is 2. The van der Waals surface area contributed by atoms with Gasteiger partial charge in [-0.1, -0.05) is 50.2 Å². The molecule has 0 bridgehead atoms. The fourth-order valence-corrected chi connectivity index (χ4v) is 3.41. The second-order valence-corrected chi connectivity index (χ2v) is 7.66. The molecule has 0 aliphatic carbocycles. The van der Waals surface area contributed by atoms with Crippen molar-refractivity contribution in [2.75, 3.05) is 0 Å². The van der Waals surface area contributed by atoms with Crippen LogP contribution in [-0.4, -0.2) is 9.97 Å². The zero-order valence-corrected chi connectivity index (χ0v) is 20.8. The largest absolute Gasteiger partial charge is 0.304 e. The number of pyridine rings is 2. The molecule has 2 aromatic heterocycles. The molecule has 0 amide bonds. The first-order valence-electron chi connectivity index (χ1n) is 12.3. The van der Waals surface area contributed by atoms with E-state index in [1.807, 2.05) is 61.8 Å². The maximum Gasteiger partial charge on any atom is 0.0190 e. The summed E-state index contributed by atoms with van der Waals surface area (Å²) in [7, 11) is 0. The monoisotopic (exact) mass is 607 g/mol. The molecule has 5 aromatic rings. The number of hydrogen-bond donors (Lipinski definition) is 0. The maximum absolute atomic E-state index is 5.00. The Hall–Kier alpha value is -3.13. The minimum absolute atomic E-state index is 0. The molecule has 169 valence electrons. The molecular weight excluding hydrogens is 569 g/mol. The van der Waals surface area contributed by atoms with E-state index in [1.54, 1.807) is 0 Å². The second-order valence-electron chi connectivity index (χ2n) is 7.66. The Labute approximate surface area is 212 Å². The molecule has 0 atom stereocenters. The maximum atomic E-state index is 5.00. The van der Waals surface area contributed by atoms with E-state index in [2.05, 4.69) is 72.3 Å². The van der Waals surface area contributed by atoms with Crippen molar-refractivity contribution in [3.8, 4) is 22.5 Å². The molecule has 2 heterocycles. The van der Waals surface area contributed by atoms with Gasteiger partial charge in [0.05, 0.1) is 0 Å². The third kappa shape index (κ3) is 5.76. The van der Waals surface area contributed by atoms with E-state index in [9.17, 15) is 0 Å². The summed E-state index contributed by atoms with van der Waals surface area (Å²) >= 11 is 0. The standard InChI is InChI=1S/C16H12N.C13H12N.Ir.4H2/c1-12-5-4-7-14(11-12)16-15-8-3-2-6-13(15)9-10-17-16;1-10-4-3-5-12(8-10)13-7-6-11(2)9-14-13;;;;;/h2-6,8-11H,1H3;3-4,6-9H,1-2H3;;4*1H/q2*-1;;;;;/i;;;2*1+1D;2*1+1. The van der Waals surface area contributed by atoms with Crippen LogP contribution < -0.4 is 0 Å². The van der Waals surface area contributed by atoms with Gasteiger partial charge in [-0.15, -0.1) is 70.8 Å². The number of aromatic nitrogens is 2. The molecule has 0 aliphatic heterocycles. The normalized spacial score (nSPS) is 10.6. The minimum atomic E-state index is 0. The molecule has 3 aromatic carbocycles. The van der Waals surface area contributed by atoms with E-state index in [4.69, 9.17) is 5.94 Å². The summed E-state index contributed by atoms with van der Waals surface area (Å²) in [6, 6.07) is 33.1. The summed E-state index contributed by atoms with van der Waals surface area (Å²) < 4.78 is 20.0. The van der Waals surface area contributed by atoms with Crippen molar-refractivity contribution >= 4 is 10.8 Å². The van der Waals surface area contributed by atoms with E-state index in [0.717, 1.165) is 22.5 Å². The van der Waals surface area contributed by atoms with Crippen molar-refractivity contribution in [3.63, 3.8) is 0 Å². The number of fused-ring (bicyclic) bond motifs is 1. The Balaban J connectivity index is 0. The first-order chi connectivity index (χ1) is 17.1. The van der Waals surface area contributed by atoms with Crippen LogP contribution in [0, 0.1) is 32.9 Å². The van der Waals surface area contributed by atoms with E-state index in [1.165, 1.54) is 27.5 Å². The molecule has 0 fully saturated rings. The topological polar surface area (TPSA) is 25.8 Å². The first kappa shape index (κ1) is 20.8. The Morgan fingerprint density at radius 3 is 2.09 bits per heavy atom. The summed E-state index contributed by atoms with van der Waals surface area (Å²) in [4.78, 5) is 8.85. The molecule has 3 heteroatoms. The van der Waals surface area contributed by atoms with Crippen molar-refractivity contribution < 1.29 is 28.9 Å². The molecule has 0 saturated heterocycles. The van der Waals surface area contributed by atoms with E-state index < -0.39 is 0 Å². The van der Waals surface area contributed by atoms with Crippen molar-refractivity contribution in [2.45, 2.75) is 20.8 Å². The molecule has 0 spiro atoms. The third-order valence-corrected chi connectivity index (χ3v) is 5.03. The Morgan fingerprint density at radius 1 is 0.719 bits per heavy atom. The molecule has 0 saturated carbocycles. The van der Waals surface area contributed by atoms with Crippen LogP contribution in [0.5, 0.6) is 0 Å². The molecule has 0 aliphatic rings. The van der Waals surface area contributed by atoms with Gasteiger partial charge in [0.15, 0.2) is 0 Å². The van der Waals surface area contributed by atoms with Gasteiger partial charge in [0, 0.05) is 41.3 Å². The SMILES string of the molecule is Cc1cc[c-]c(-c2nccc3ccccc23)c1.Cc1ccc(-c2[c-]ccc(C)c2)nc1.[2HH].[2HH].[2H][2H].[2H][2H].[Ir]. The van der Waals surface area contributed by atoms with Crippen LogP contribution in [0.25, 0.3) is 33.3 Å². The molecule has 1 radical (unpaired) electrons. The van der Waals surface area contributed by atoms with Gasteiger partial charge in [-0.2, -0.15) is 0 Å². The quantitative estimate of drug-likeness (QED) is 0.190. The van der Waals surface area contributed by atoms with Crippen LogP contribution in [0.2, 0.25) is 0 Å². The minimum Gasteiger partial charge on any atom is -0.304 e. The Bertz CT molecular complexity index is 1330. The Morgan fingerprint density at radius 2 is 1.41 bits per heavy atom. The Kier molecular flexibility index (Phi) is 7.10. The van der Waals surface area contributed by atoms with Crippen LogP contribution in [0.1, 0.15) is 25.5 Å². The summed E-state index contributed by atoms with van der Waals surface area (Å²) in [5, 5.41) is 2.39. The second kappa shape index (κ2) is 10.9. The summed E-state index contributed by atoms with van der Waals surface area (Å²) in [6.45, 7) is 6.20. The van der Waals surface area contributed by atoms with Crippen molar-refractivity contribution in [3.05, 3.63) is 120 Å². The van der Waals surface area contributed by atoms with Gasteiger partial charge in [0.1, 0.15) is 0 Å². The van der Waals surface area contributed by atoms with Gasteiger partial charge in [-0.25, -0.2) is 0 Å². The predicted octanol–water partition coefficient (Wildman–Crippen LogP) is 8.16. The summed E-state index contributed by atoms with van der Waals surface area (Å²) in [5.74, 6) is 0. The van der Waals surface area contributed by atoms with Gasteiger partial charge in [0.2, 0.25) is 0 Å². The zero-order chi connectivity index (χ0) is 25.6. The van der Waals surface area contributed by atoms with E-state index in [0.29, 0.717) is 0 Å². The fourth-order valence-electron chi connectivity index (χ4n) is 3.41. The van der Waals surface area contributed by atoms with E-state index in [-0.39, 0.29) is 23.0 Å². The van der Waals surface area contributed by atoms with Crippen LogP contribution in [0.4, 0.5) is 0 Å². The number of benzene rings is 3. The van der Waals surface area contributed by atoms with Crippen molar-refractivity contribution in [1.82, 2.24) is 9.97 Å². The average molecular weight is 607 g/mol. The molecule has 5 rings (SSSR count). The first-order valence-corrected chi connectivity index (χ1v) is 10.3. The van der Waals surface area contributed by atoms with Gasteiger partial charge in [-0.05, 0) is 40.7 Å². The molecule has 0 unspecified atom stereocenters. The van der Waals surface area contributed by atoms with Crippen molar-refractivity contribution in [2.24, 2.45) is 0 Å². The van der Waals surface area contributed by atoms with Crippen LogP contribution in [-0.2, 0) is 20.1 Å². The van der Waals surface area contributed by atoms with Gasteiger partial charge in [-0.3, -0.25) is 0 Å². The van der Waals surface area contributed by atoms with Gasteiger partial charge >= 0.3 is 0 Å². The number of rotatable bonds is 2. The molecule has 2 nitrogen and oxygen atoms in total. The summed E-state index contributed by atoms with van der Waals surface area (Å²) in [5.41, 5.74) is 7.76. The average Bonchev–Trinajstić information content (AvgIpc) is 2.91. The number of hydrogen-bond acceptors (Lipinski definition) is 2. The van der Waals surface area contributed by atoms with Crippen LogP contribution in [0.15, 0.2) is 91.3 Å².